The zero-order valence-electron chi connectivity index (χ0n) is 10.1. The molecule has 0 bridgehead atoms. The van der Waals surface area contributed by atoms with Gasteiger partial charge in [-0.3, -0.25) is 5.10 Å². The zero-order valence-corrected chi connectivity index (χ0v) is 10.1. The molecule has 0 saturated carbocycles. The van der Waals surface area contributed by atoms with Crippen LogP contribution in [0.2, 0.25) is 0 Å². The topological polar surface area (TPSA) is 40.7 Å². The van der Waals surface area contributed by atoms with E-state index < -0.39 is 11.8 Å². The Morgan fingerprint density at radius 2 is 2.22 bits per heavy atom. The Balaban J connectivity index is 1.90. The van der Waals surface area contributed by atoms with Crippen molar-refractivity contribution >= 4 is 10.9 Å². The molecule has 3 rings (SSSR count). The van der Waals surface area contributed by atoms with Crippen LogP contribution in [0.3, 0.4) is 0 Å². The van der Waals surface area contributed by atoms with Crippen molar-refractivity contribution < 1.29 is 8.78 Å². The standard InChI is InChI=1S/C13H15F2N3/c1-8-6-16-12(5-13(8,14)15)9-2-3-11-10(4-9)7-17-18-11/h2-4,7-8,12,16H,5-6H2,1H3,(H,17,18)/t8-,12-/m0/s1. The number of rotatable bonds is 1. The molecule has 96 valence electrons. The fourth-order valence-corrected chi connectivity index (χ4v) is 2.43. The van der Waals surface area contributed by atoms with E-state index in [1.165, 1.54) is 0 Å². The van der Waals surface area contributed by atoms with E-state index in [-0.39, 0.29) is 12.5 Å². The lowest BCUT2D eigenvalue weighted by Gasteiger charge is -2.35. The number of aromatic amines is 1. The number of hydrogen-bond acceptors (Lipinski definition) is 2. The molecule has 2 atom stereocenters. The molecular weight excluding hydrogens is 236 g/mol. The molecule has 2 N–H and O–H groups in total. The van der Waals surface area contributed by atoms with Gasteiger partial charge in [-0.25, -0.2) is 8.78 Å². The van der Waals surface area contributed by atoms with Crippen molar-refractivity contribution in [3.63, 3.8) is 0 Å². The number of alkyl halides is 2. The number of aromatic nitrogens is 2. The molecule has 2 aromatic rings. The maximum absolute atomic E-state index is 13.7. The first-order chi connectivity index (χ1) is 8.56. The number of benzene rings is 1. The van der Waals surface area contributed by atoms with Crippen molar-refractivity contribution in [2.75, 3.05) is 6.54 Å². The number of hydrogen-bond donors (Lipinski definition) is 2. The maximum Gasteiger partial charge on any atom is 0.253 e. The predicted molar refractivity (Wildman–Crippen MR) is 65.6 cm³/mol. The number of H-pyrrole nitrogens is 1. The molecule has 0 radical (unpaired) electrons. The summed E-state index contributed by atoms with van der Waals surface area (Å²) in [5, 5.41) is 10.9. The van der Waals surface area contributed by atoms with E-state index in [1.807, 2.05) is 18.2 Å². The van der Waals surface area contributed by atoms with Crippen LogP contribution in [0.1, 0.15) is 24.9 Å². The van der Waals surface area contributed by atoms with Gasteiger partial charge in [0.05, 0.1) is 11.7 Å². The van der Waals surface area contributed by atoms with Crippen LogP contribution in [-0.2, 0) is 0 Å². The van der Waals surface area contributed by atoms with Gasteiger partial charge in [0, 0.05) is 30.3 Å². The minimum Gasteiger partial charge on any atom is -0.309 e. The average Bonchev–Trinajstić information content (AvgIpc) is 2.79. The summed E-state index contributed by atoms with van der Waals surface area (Å²) in [6.45, 7) is 1.93. The smallest absolute Gasteiger partial charge is 0.253 e. The molecule has 18 heavy (non-hydrogen) atoms. The van der Waals surface area contributed by atoms with Crippen LogP contribution in [-0.4, -0.2) is 22.7 Å². The van der Waals surface area contributed by atoms with Gasteiger partial charge < -0.3 is 5.32 Å². The molecule has 0 unspecified atom stereocenters. The Morgan fingerprint density at radius 1 is 1.39 bits per heavy atom. The van der Waals surface area contributed by atoms with E-state index in [2.05, 4.69) is 15.5 Å². The Bertz CT molecular complexity index is 564. The third-order valence-electron chi connectivity index (χ3n) is 3.73. The van der Waals surface area contributed by atoms with Gasteiger partial charge in [-0.15, -0.1) is 0 Å². The molecule has 5 heteroatoms. The summed E-state index contributed by atoms with van der Waals surface area (Å²) < 4.78 is 27.5. The van der Waals surface area contributed by atoms with Crippen molar-refractivity contribution in [1.82, 2.24) is 15.5 Å². The quantitative estimate of drug-likeness (QED) is 0.818. The van der Waals surface area contributed by atoms with Gasteiger partial charge >= 0.3 is 0 Å². The first-order valence-corrected chi connectivity index (χ1v) is 6.10. The van der Waals surface area contributed by atoms with E-state index >= 15 is 0 Å². The SMILES string of the molecule is C[C@H]1CN[C@H](c2ccc3[nH]ncc3c2)CC1(F)F. The molecule has 0 amide bonds. The molecule has 1 aliphatic heterocycles. The molecule has 1 aromatic heterocycles. The van der Waals surface area contributed by atoms with Gasteiger partial charge in [0.1, 0.15) is 0 Å². The zero-order chi connectivity index (χ0) is 12.8. The first kappa shape index (κ1) is 11.6. The van der Waals surface area contributed by atoms with E-state index in [1.54, 1.807) is 13.1 Å². The van der Waals surface area contributed by atoms with Gasteiger partial charge in [-0.1, -0.05) is 13.0 Å². The van der Waals surface area contributed by atoms with E-state index in [9.17, 15) is 8.78 Å². The van der Waals surface area contributed by atoms with Crippen LogP contribution < -0.4 is 5.32 Å². The van der Waals surface area contributed by atoms with Crippen molar-refractivity contribution in [2.45, 2.75) is 25.3 Å². The largest absolute Gasteiger partial charge is 0.309 e. The van der Waals surface area contributed by atoms with Gasteiger partial charge in [-0.05, 0) is 17.7 Å². The minimum atomic E-state index is -2.60. The first-order valence-electron chi connectivity index (χ1n) is 6.10. The fraction of sp³-hybridized carbons (Fsp3) is 0.462. The third-order valence-corrected chi connectivity index (χ3v) is 3.73. The number of nitrogens with one attached hydrogen (secondary N) is 2. The van der Waals surface area contributed by atoms with Crippen molar-refractivity contribution in [3.05, 3.63) is 30.0 Å². The monoisotopic (exact) mass is 251 g/mol. The number of piperidine rings is 1. The van der Waals surface area contributed by atoms with E-state index in [0.29, 0.717) is 6.54 Å². The summed E-state index contributed by atoms with van der Waals surface area (Å²) in [6.07, 6.45) is 1.57. The minimum absolute atomic E-state index is 0.141. The molecule has 1 aromatic carbocycles. The molecule has 0 aliphatic carbocycles. The fourth-order valence-electron chi connectivity index (χ4n) is 2.43. The van der Waals surface area contributed by atoms with Crippen molar-refractivity contribution in [1.29, 1.82) is 0 Å². The van der Waals surface area contributed by atoms with Crippen LogP contribution in [0, 0.1) is 5.92 Å². The highest BCUT2D eigenvalue weighted by atomic mass is 19.3. The number of halogens is 2. The lowest BCUT2D eigenvalue weighted by Crippen LogP contribution is -2.44. The van der Waals surface area contributed by atoms with Crippen LogP contribution in [0.4, 0.5) is 8.78 Å². The summed E-state index contributed by atoms with van der Waals surface area (Å²) in [5.41, 5.74) is 1.82. The Morgan fingerprint density at radius 3 is 3.00 bits per heavy atom. The lowest BCUT2D eigenvalue weighted by atomic mass is 9.88. The summed E-state index contributed by atoms with van der Waals surface area (Å²) in [4.78, 5) is 0. The Kier molecular flexibility index (Phi) is 2.59. The molecule has 1 aliphatic rings. The van der Waals surface area contributed by atoms with Gasteiger partial charge in [0.25, 0.3) is 5.92 Å². The summed E-state index contributed by atoms with van der Waals surface area (Å²) >= 11 is 0. The second-order valence-electron chi connectivity index (χ2n) is 5.04. The number of nitrogens with zero attached hydrogens (tertiary/aromatic N) is 1. The predicted octanol–water partition coefficient (Wildman–Crippen LogP) is 2.87. The molecule has 3 nitrogen and oxygen atoms in total. The molecular formula is C13H15F2N3. The van der Waals surface area contributed by atoms with E-state index in [4.69, 9.17) is 0 Å². The lowest BCUT2D eigenvalue weighted by molar-refractivity contribution is -0.0841. The summed E-state index contributed by atoms with van der Waals surface area (Å²) in [7, 11) is 0. The second kappa shape index (κ2) is 4.02. The average molecular weight is 251 g/mol. The highest BCUT2D eigenvalue weighted by Crippen LogP contribution is 2.38. The molecule has 1 fully saturated rings. The van der Waals surface area contributed by atoms with Gasteiger partial charge in [-0.2, -0.15) is 5.10 Å². The normalized spacial score (nSPS) is 27.5. The van der Waals surface area contributed by atoms with Gasteiger partial charge in [0.2, 0.25) is 0 Å². The highest BCUT2D eigenvalue weighted by Gasteiger charge is 2.42. The van der Waals surface area contributed by atoms with Crippen LogP contribution in [0.5, 0.6) is 0 Å². The molecule has 0 spiro atoms. The van der Waals surface area contributed by atoms with Crippen molar-refractivity contribution in [3.8, 4) is 0 Å². The van der Waals surface area contributed by atoms with Crippen LogP contribution in [0.25, 0.3) is 10.9 Å². The highest BCUT2D eigenvalue weighted by molar-refractivity contribution is 5.78. The maximum atomic E-state index is 13.7. The second-order valence-corrected chi connectivity index (χ2v) is 5.04. The van der Waals surface area contributed by atoms with E-state index in [0.717, 1.165) is 16.5 Å². The Hall–Kier alpha value is -1.49. The molecule has 2 heterocycles. The van der Waals surface area contributed by atoms with Crippen LogP contribution >= 0.6 is 0 Å². The Labute approximate surface area is 104 Å². The third kappa shape index (κ3) is 1.88. The van der Waals surface area contributed by atoms with Gasteiger partial charge in [0.15, 0.2) is 0 Å². The van der Waals surface area contributed by atoms with Crippen LogP contribution in [0.15, 0.2) is 24.4 Å². The molecule has 1 saturated heterocycles. The van der Waals surface area contributed by atoms with Crippen molar-refractivity contribution in [2.24, 2.45) is 5.92 Å². The summed E-state index contributed by atoms with van der Waals surface area (Å²) in [6, 6.07) is 5.40. The summed E-state index contributed by atoms with van der Waals surface area (Å²) in [5.74, 6) is -3.20. The number of fused-ring (bicyclic) bond motifs is 1.